The Bertz CT molecular complexity index is 1290. The van der Waals surface area contributed by atoms with Gasteiger partial charge in [-0.3, -0.25) is 4.79 Å². The zero-order chi connectivity index (χ0) is 15.4. The summed E-state index contributed by atoms with van der Waals surface area (Å²) in [7, 11) is 0. The maximum Gasteiger partial charge on any atom is 0.188 e. The highest BCUT2D eigenvalue weighted by Crippen LogP contribution is 2.32. The number of benzene rings is 4. The van der Waals surface area contributed by atoms with Crippen LogP contribution in [0.4, 0.5) is 0 Å². The van der Waals surface area contributed by atoms with Crippen molar-refractivity contribution in [2.45, 2.75) is 0 Å². The summed E-state index contributed by atoms with van der Waals surface area (Å²) < 4.78 is 0. The maximum absolute atomic E-state index is 12.5. The van der Waals surface area contributed by atoms with E-state index < -0.39 is 0 Å². The number of rotatable bonds is 0. The highest BCUT2D eigenvalue weighted by atomic mass is 16.1. The van der Waals surface area contributed by atoms with Crippen LogP contribution in [-0.2, 0) is 0 Å². The number of aromatic nitrogens is 2. The number of hydrogen-bond acceptors (Lipinski definition) is 2. The molecule has 1 aromatic heterocycles. The third kappa shape index (κ3) is 1.64. The molecule has 4 aromatic carbocycles. The molecule has 0 spiro atoms. The van der Waals surface area contributed by atoms with Gasteiger partial charge in [0.1, 0.15) is 0 Å². The van der Waals surface area contributed by atoms with Crippen molar-refractivity contribution in [2.75, 3.05) is 0 Å². The van der Waals surface area contributed by atoms with Crippen LogP contribution >= 0.6 is 0 Å². The molecule has 0 aliphatic heterocycles. The van der Waals surface area contributed by atoms with Gasteiger partial charge in [-0.25, -0.2) is 4.98 Å². The minimum absolute atomic E-state index is 0.0200. The van der Waals surface area contributed by atoms with Crippen LogP contribution in [-0.4, -0.2) is 9.97 Å². The second-order valence-corrected chi connectivity index (χ2v) is 5.70. The molecule has 0 radical (unpaired) electrons. The maximum atomic E-state index is 12.5. The van der Waals surface area contributed by atoms with Gasteiger partial charge in [0.05, 0.1) is 27.5 Å². The summed E-state index contributed by atoms with van der Waals surface area (Å²) in [5.74, 6) is 0. The van der Waals surface area contributed by atoms with E-state index in [1.165, 1.54) is 0 Å². The molecule has 0 aliphatic carbocycles. The molecule has 0 saturated carbocycles. The van der Waals surface area contributed by atoms with E-state index in [1.807, 2.05) is 54.6 Å². The van der Waals surface area contributed by atoms with Gasteiger partial charge in [-0.2, -0.15) is 0 Å². The summed E-state index contributed by atoms with van der Waals surface area (Å²) in [6.07, 6.45) is 0. The summed E-state index contributed by atoms with van der Waals surface area (Å²) in [5.41, 5.74) is 3.50. The second-order valence-electron chi connectivity index (χ2n) is 5.70. The van der Waals surface area contributed by atoms with Crippen LogP contribution in [0.25, 0.3) is 43.6 Å². The van der Waals surface area contributed by atoms with E-state index in [0.717, 1.165) is 38.2 Å². The van der Waals surface area contributed by atoms with Crippen molar-refractivity contribution >= 4 is 43.6 Å². The van der Waals surface area contributed by atoms with Gasteiger partial charge in [-0.15, -0.1) is 0 Å². The van der Waals surface area contributed by atoms with Crippen molar-refractivity contribution < 1.29 is 0 Å². The highest BCUT2D eigenvalue weighted by Gasteiger charge is 2.12. The molecule has 0 atom stereocenters. The van der Waals surface area contributed by atoms with Crippen LogP contribution < -0.4 is 5.43 Å². The number of para-hydroxylation sites is 2. The molecule has 0 aliphatic rings. The quantitative estimate of drug-likeness (QED) is 0.340. The summed E-state index contributed by atoms with van der Waals surface area (Å²) >= 11 is 0. The van der Waals surface area contributed by atoms with Crippen molar-refractivity contribution in [1.82, 2.24) is 9.97 Å². The Morgan fingerprint density at radius 1 is 0.739 bits per heavy atom. The van der Waals surface area contributed by atoms with Crippen molar-refractivity contribution in [1.29, 1.82) is 0 Å². The van der Waals surface area contributed by atoms with E-state index >= 15 is 0 Å². The molecule has 108 valence electrons. The topological polar surface area (TPSA) is 45.8 Å². The molecule has 23 heavy (non-hydrogen) atoms. The fourth-order valence-corrected chi connectivity index (χ4v) is 3.36. The third-order valence-corrected chi connectivity index (χ3v) is 4.38. The molecule has 1 heterocycles. The molecule has 0 bridgehead atoms. The second kappa shape index (κ2) is 4.40. The summed E-state index contributed by atoms with van der Waals surface area (Å²) in [4.78, 5) is 20.8. The number of fused-ring (bicyclic) bond motifs is 7. The lowest BCUT2D eigenvalue weighted by molar-refractivity contribution is 1.41. The molecular formula is C20H12N2O. The van der Waals surface area contributed by atoms with Gasteiger partial charge in [-0.1, -0.05) is 48.5 Å². The highest BCUT2D eigenvalue weighted by molar-refractivity contribution is 6.23. The van der Waals surface area contributed by atoms with Gasteiger partial charge in [0.25, 0.3) is 0 Å². The normalized spacial score (nSPS) is 11.7. The lowest BCUT2D eigenvalue weighted by atomic mass is 9.99. The van der Waals surface area contributed by atoms with Crippen molar-refractivity contribution in [2.24, 2.45) is 0 Å². The van der Waals surface area contributed by atoms with Gasteiger partial charge < -0.3 is 4.98 Å². The molecule has 1 N–H and O–H groups in total. The van der Waals surface area contributed by atoms with Crippen LogP contribution in [0.15, 0.2) is 71.5 Å². The Balaban J connectivity index is 2.22. The molecule has 0 unspecified atom stereocenters. The van der Waals surface area contributed by atoms with Gasteiger partial charge >= 0.3 is 0 Å². The van der Waals surface area contributed by atoms with Crippen LogP contribution in [0.5, 0.6) is 0 Å². The van der Waals surface area contributed by atoms with Crippen molar-refractivity contribution in [3.05, 3.63) is 77.0 Å². The van der Waals surface area contributed by atoms with Gasteiger partial charge in [-0.05, 0) is 29.0 Å². The fourth-order valence-electron chi connectivity index (χ4n) is 3.36. The third-order valence-electron chi connectivity index (χ3n) is 4.38. The Morgan fingerprint density at radius 3 is 2.39 bits per heavy atom. The van der Waals surface area contributed by atoms with Crippen LogP contribution in [0, 0.1) is 0 Å². The number of H-pyrrole nitrogens is 1. The summed E-state index contributed by atoms with van der Waals surface area (Å²) in [6.45, 7) is 0. The van der Waals surface area contributed by atoms with E-state index in [-0.39, 0.29) is 5.43 Å². The molecule has 0 amide bonds. The first-order valence-electron chi connectivity index (χ1n) is 7.55. The lowest BCUT2D eigenvalue weighted by Gasteiger charge is -2.10. The van der Waals surface area contributed by atoms with E-state index in [2.05, 4.69) is 11.1 Å². The molecule has 0 fully saturated rings. The Kier molecular flexibility index (Phi) is 2.36. The lowest BCUT2D eigenvalue weighted by Crippen LogP contribution is -2.02. The number of nitrogens with one attached hydrogen (secondary N) is 1. The van der Waals surface area contributed by atoms with Crippen LogP contribution in [0.1, 0.15) is 0 Å². The van der Waals surface area contributed by atoms with Gasteiger partial charge in [0.2, 0.25) is 0 Å². The standard InChI is InChI=1S/C20H12N2O/c23-17-11-5-8-13-12-6-1-2-7-14(12)19-20(18(13)17)22-16-10-4-3-9-15(16)21-19/h1-11,22H. The molecule has 5 aromatic rings. The minimum Gasteiger partial charge on any atom is -0.351 e. The first-order valence-corrected chi connectivity index (χ1v) is 7.55. The molecule has 5 rings (SSSR count). The smallest absolute Gasteiger partial charge is 0.188 e. The van der Waals surface area contributed by atoms with Crippen LogP contribution in [0.3, 0.4) is 0 Å². The zero-order valence-corrected chi connectivity index (χ0v) is 12.2. The average molecular weight is 296 g/mol. The first-order chi connectivity index (χ1) is 11.3. The minimum atomic E-state index is 0.0200. The molecule has 0 saturated heterocycles. The number of nitrogens with zero attached hydrogens (tertiary/aromatic N) is 1. The Labute approximate surface area is 131 Å². The fraction of sp³-hybridized carbons (Fsp3) is 0. The average Bonchev–Trinajstić information content (AvgIpc) is 2.60. The predicted octanol–water partition coefficient (Wildman–Crippen LogP) is 4.38. The summed E-state index contributed by atoms with van der Waals surface area (Å²) in [6, 6.07) is 21.4. The van der Waals surface area contributed by atoms with E-state index in [0.29, 0.717) is 5.39 Å². The SMILES string of the molecule is O=c1cccc2c3ccccc3c3nc4ccccc4[nH]c3c12. The van der Waals surface area contributed by atoms with Gasteiger partial charge in [0, 0.05) is 5.39 Å². The van der Waals surface area contributed by atoms with E-state index in [1.54, 1.807) is 6.07 Å². The monoisotopic (exact) mass is 296 g/mol. The van der Waals surface area contributed by atoms with Crippen molar-refractivity contribution in [3.63, 3.8) is 0 Å². The Hall–Kier alpha value is -3.20. The van der Waals surface area contributed by atoms with E-state index in [4.69, 9.17) is 4.98 Å². The van der Waals surface area contributed by atoms with E-state index in [9.17, 15) is 4.79 Å². The number of hydrogen-bond donors (Lipinski definition) is 1. The zero-order valence-electron chi connectivity index (χ0n) is 12.2. The first kappa shape index (κ1) is 12.4. The predicted molar refractivity (Wildman–Crippen MR) is 94.9 cm³/mol. The molecule has 3 heteroatoms. The Morgan fingerprint density at radius 2 is 1.48 bits per heavy atom. The largest absolute Gasteiger partial charge is 0.351 e. The van der Waals surface area contributed by atoms with Crippen LogP contribution in [0.2, 0.25) is 0 Å². The van der Waals surface area contributed by atoms with Crippen molar-refractivity contribution in [3.8, 4) is 0 Å². The molecular weight excluding hydrogens is 284 g/mol. The molecule has 3 nitrogen and oxygen atoms in total. The van der Waals surface area contributed by atoms with Gasteiger partial charge in [0.15, 0.2) is 5.43 Å². The summed E-state index contributed by atoms with van der Waals surface area (Å²) in [5, 5.41) is 3.79. The number of aromatic amines is 1.